The van der Waals surface area contributed by atoms with E-state index in [0.717, 1.165) is 16.9 Å². The van der Waals surface area contributed by atoms with E-state index in [9.17, 15) is 4.39 Å². The van der Waals surface area contributed by atoms with Gasteiger partial charge in [-0.3, -0.25) is 0 Å². The first-order valence-electron chi connectivity index (χ1n) is 6.49. The van der Waals surface area contributed by atoms with Crippen LogP contribution in [0.25, 0.3) is 11.0 Å². The Morgan fingerprint density at radius 1 is 1.20 bits per heavy atom. The highest BCUT2D eigenvalue weighted by molar-refractivity contribution is 5.87. The third-order valence-electron chi connectivity index (χ3n) is 3.31. The van der Waals surface area contributed by atoms with Crippen LogP contribution in [0.5, 0.6) is 0 Å². The Hall–Kier alpha value is -2.43. The predicted molar refractivity (Wildman–Crippen MR) is 77.1 cm³/mol. The molecule has 0 saturated carbocycles. The van der Waals surface area contributed by atoms with Gasteiger partial charge in [0, 0.05) is 19.8 Å². The predicted octanol–water partition coefficient (Wildman–Crippen LogP) is 2.76. The maximum Gasteiger partial charge on any atom is 0.145 e. The maximum absolute atomic E-state index is 13.5. The first-order valence-corrected chi connectivity index (χ1v) is 6.49. The minimum atomic E-state index is -0.165. The number of anilines is 1. The molecular weight excluding hydrogens is 255 g/mol. The van der Waals surface area contributed by atoms with Crippen molar-refractivity contribution in [1.29, 1.82) is 0 Å². The third kappa shape index (κ3) is 2.34. The number of aryl methyl sites for hydroxylation is 1. The highest BCUT2D eigenvalue weighted by Gasteiger charge is 2.06. The standard InChI is InChI=1S/C15H15FN4/c1-20-9-7-12-14(18-10-19-15(12)20)17-8-6-11-4-2-3-5-13(11)16/h2-5,7,9-10H,6,8H2,1H3,(H,17,18,19). The Bertz CT molecular complexity index is 736. The Morgan fingerprint density at radius 2 is 2.05 bits per heavy atom. The summed E-state index contributed by atoms with van der Waals surface area (Å²) in [6.07, 6.45) is 4.10. The summed E-state index contributed by atoms with van der Waals surface area (Å²) >= 11 is 0. The molecule has 1 aromatic carbocycles. The van der Waals surface area contributed by atoms with Crippen molar-refractivity contribution < 1.29 is 4.39 Å². The monoisotopic (exact) mass is 270 g/mol. The van der Waals surface area contributed by atoms with Gasteiger partial charge < -0.3 is 9.88 Å². The number of hydrogen-bond donors (Lipinski definition) is 1. The summed E-state index contributed by atoms with van der Waals surface area (Å²) < 4.78 is 15.5. The van der Waals surface area contributed by atoms with E-state index in [2.05, 4.69) is 15.3 Å². The van der Waals surface area contributed by atoms with E-state index in [1.807, 2.05) is 29.9 Å². The van der Waals surface area contributed by atoms with Gasteiger partial charge in [-0.1, -0.05) is 18.2 Å². The topological polar surface area (TPSA) is 42.7 Å². The second-order valence-corrected chi connectivity index (χ2v) is 4.65. The molecule has 2 heterocycles. The van der Waals surface area contributed by atoms with Crippen LogP contribution < -0.4 is 5.32 Å². The van der Waals surface area contributed by atoms with Crippen molar-refractivity contribution in [3.63, 3.8) is 0 Å². The van der Waals surface area contributed by atoms with Gasteiger partial charge in [-0.25, -0.2) is 14.4 Å². The van der Waals surface area contributed by atoms with Crippen LogP contribution in [-0.2, 0) is 13.5 Å². The van der Waals surface area contributed by atoms with Crippen LogP contribution in [0, 0.1) is 5.82 Å². The molecule has 0 aliphatic rings. The van der Waals surface area contributed by atoms with Crippen LogP contribution in [-0.4, -0.2) is 21.1 Å². The summed E-state index contributed by atoms with van der Waals surface area (Å²) in [6, 6.07) is 8.80. The molecule has 2 aromatic heterocycles. The number of aromatic nitrogens is 3. The van der Waals surface area contributed by atoms with E-state index >= 15 is 0 Å². The smallest absolute Gasteiger partial charge is 0.145 e. The highest BCUT2D eigenvalue weighted by atomic mass is 19.1. The number of nitrogens with zero attached hydrogens (tertiary/aromatic N) is 3. The molecule has 0 spiro atoms. The molecule has 0 atom stereocenters. The van der Waals surface area contributed by atoms with Gasteiger partial charge in [0.25, 0.3) is 0 Å². The first kappa shape index (κ1) is 12.6. The largest absolute Gasteiger partial charge is 0.369 e. The molecule has 0 amide bonds. The van der Waals surface area contributed by atoms with Gasteiger partial charge >= 0.3 is 0 Å². The summed E-state index contributed by atoms with van der Waals surface area (Å²) in [5.41, 5.74) is 1.59. The average molecular weight is 270 g/mol. The molecule has 0 fully saturated rings. The number of hydrogen-bond acceptors (Lipinski definition) is 3. The van der Waals surface area contributed by atoms with Gasteiger partial charge in [0.1, 0.15) is 23.6 Å². The molecule has 1 N–H and O–H groups in total. The molecule has 0 bridgehead atoms. The fourth-order valence-electron chi connectivity index (χ4n) is 2.24. The fraction of sp³-hybridized carbons (Fsp3) is 0.200. The third-order valence-corrected chi connectivity index (χ3v) is 3.31. The van der Waals surface area contributed by atoms with Crippen molar-refractivity contribution in [2.45, 2.75) is 6.42 Å². The van der Waals surface area contributed by atoms with Crippen molar-refractivity contribution >= 4 is 16.9 Å². The number of fused-ring (bicyclic) bond motifs is 1. The van der Waals surface area contributed by atoms with Gasteiger partial charge in [-0.15, -0.1) is 0 Å². The van der Waals surface area contributed by atoms with Crippen molar-refractivity contribution in [3.8, 4) is 0 Å². The van der Waals surface area contributed by atoms with E-state index in [-0.39, 0.29) is 5.82 Å². The SMILES string of the molecule is Cn1ccc2c(NCCc3ccccc3F)ncnc21. The minimum absolute atomic E-state index is 0.165. The second-order valence-electron chi connectivity index (χ2n) is 4.65. The Morgan fingerprint density at radius 3 is 2.90 bits per heavy atom. The maximum atomic E-state index is 13.5. The number of benzene rings is 1. The van der Waals surface area contributed by atoms with Gasteiger partial charge in [-0.2, -0.15) is 0 Å². The van der Waals surface area contributed by atoms with Crippen LogP contribution >= 0.6 is 0 Å². The van der Waals surface area contributed by atoms with E-state index in [1.165, 1.54) is 12.4 Å². The molecule has 102 valence electrons. The molecular formula is C15H15FN4. The lowest BCUT2D eigenvalue weighted by atomic mass is 10.1. The quantitative estimate of drug-likeness (QED) is 0.792. The number of nitrogens with one attached hydrogen (secondary N) is 1. The van der Waals surface area contributed by atoms with E-state index in [4.69, 9.17) is 0 Å². The molecule has 5 heteroatoms. The zero-order valence-electron chi connectivity index (χ0n) is 11.2. The zero-order chi connectivity index (χ0) is 13.9. The van der Waals surface area contributed by atoms with Crippen molar-refractivity contribution in [1.82, 2.24) is 14.5 Å². The lowest BCUT2D eigenvalue weighted by Gasteiger charge is -2.07. The van der Waals surface area contributed by atoms with Gasteiger partial charge in [0.2, 0.25) is 0 Å². The summed E-state index contributed by atoms with van der Waals surface area (Å²) in [5, 5.41) is 4.22. The van der Waals surface area contributed by atoms with E-state index in [1.54, 1.807) is 12.1 Å². The summed E-state index contributed by atoms with van der Waals surface area (Å²) in [6.45, 7) is 0.627. The number of rotatable bonds is 4. The fourth-order valence-corrected chi connectivity index (χ4v) is 2.24. The number of halogens is 1. The van der Waals surface area contributed by atoms with Crippen LogP contribution in [0.2, 0.25) is 0 Å². The highest BCUT2D eigenvalue weighted by Crippen LogP contribution is 2.19. The van der Waals surface area contributed by atoms with Crippen molar-refractivity contribution in [3.05, 3.63) is 54.2 Å². The molecule has 0 aliphatic heterocycles. The Kier molecular flexibility index (Phi) is 3.33. The van der Waals surface area contributed by atoms with Gasteiger partial charge in [-0.05, 0) is 24.1 Å². The molecule has 0 aliphatic carbocycles. The molecule has 4 nitrogen and oxygen atoms in total. The molecule has 0 unspecified atom stereocenters. The zero-order valence-corrected chi connectivity index (χ0v) is 11.2. The Labute approximate surface area is 116 Å². The molecule has 0 saturated heterocycles. The summed E-state index contributed by atoms with van der Waals surface area (Å²) in [4.78, 5) is 8.48. The van der Waals surface area contributed by atoms with Crippen LogP contribution in [0.4, 0.5) is 10.2 Å². The van der Waals surface area contributed by atoms with Crippen molar-refractivity contribution in [2.75, 3.05) is 11.9 Å². The van der Waals surface area contributed by atoms with Gasteiger partial charge in [0.15, 0.2) is 0 Å². The minimum Gasteiger partial charge on any atom is -0.369 e. The van der Waals surface area contributed by atoms with Gasteiger partial charge in [0.05, 0.1) is 5.39 Å². The van der Waals surface area contributed by atoms with E-state index < -0.39 is 0 Å². The normalized spacial score (nSPS) is 10.9. The first-order chi connectivity index (χ1) is 9.75. The average Bonchev–Trinajstić information content (AvgIpc) is 2.84. The Balaban J connectivity index is 1.73. The molecule has 3 rings (SSSR count). The van der Waals surface area contributed by atoms with E-state index in [0.29, 0.717) is 18.5 Å². The lowest BCUT2D eigenvalue weighted by molar-refractivity contribution is 0.610. The summed E-state index contributed by atoms with van der Waals surface area (Å²) in [5.74, 6) is 0.619. The van der Waals surface area contributed by atoms with Crippen LogP contribution in [0.1, 0.15) is 5.56 Å². The lowest BCUT2D eigenvalue weighted by Crippen LogP contribution is -2.08. The molecule has 3 aromatic rings. The van der Waals surface area contributed by atoms with Crippen LogP contribution in [0.15, 0.2) is 42.9 Å². The van der Waals surface area contributed by atoms with Crippen molar-refractivity contribution in [2.24, 2.45) is 7.05 Å². The van der Waals surface area contributed by atoms with Crippen LogP contribution in [0.3, 0.4) is 0 Å². The second kappa shape index (κ2) is 5.28. The summed E-state index contributed by atoms with van der Waals surface area (Å²) in [7, 11) is 1.94. The molecule has 0 radical (unpaired) electrons. The molecule has 20 heavy (non-hydrogen) atoms.